The number of unbranched alkanes of at least 4 members (excludes halogenated alkanes) is 1. The summed E-state index contributed by atoms with van der Waals surface area (Å²) in [6, 6.07) is 14.4. The fourth-order valence-electron chi connectivity index (χ4n) is 3.89. The van der Waals surface area contributed by atoms with Crippen molar-refractivity contribution < 1.29 is 9.59 Å². The SMILES string of the molecule is CCCCSCCCNC(=O)[C@H](C)[C@H]1Sc2ccccc2N(Cc2cc(C)ccc2C)C1=O. The molecule has 0 unspecified atom stereocenters. The van der Waals surface area contributed by atoms with Crippen LogP contribution in [0.1, 0.15) is 49.8 Å². The van der Waals surface area contributed by atoms with Crippen LogP contribution < -0.4 is 10.2 Å². The van der Waals surface area contributed by atoms with Crippen molar-refractivity contribution in [1.29, 1.82) is 0 Å². The van der Waals surface area contributed by atoms with E-state index in [1.165, 1.54) is 41.5 Å². The van der Waals surface area contributed by atoms with Gasteiger partial charge >= 0.3 is 0 Å². The van der Waals surface area contributed by atoms with E-state index in [1.807, 2.05) is 47.9 Å². The number of amides is 2. The van der Waals surface area contributed by atoms with Crippen LogP contribution in [0.25, 0.3) is 0 Å². The van der Waals surface area contributed by atoms with Gasteiger partial charge in [-0.15, -0.1) is 11.8 Å². The highest BCUT2D eigenvalue weighted by atomic mass is 32.2. The molecular weight excluding hydrogens is 448 g/mol. The third-order valence-electron chi connectivity index (χ3n) is 6.03. The summed E-state index contributed by atoms with van der Waals surface area (Å²) in [5, 5.41) is 2.63. The number of para-hydroxylation sites is 1. The molecule has 0 spiro atoms. The first-order valence-corrected chi connectivity index (χ1v) is 13.9. The van der Waals surface area contributed by atoms with Crippen LogP contribution in [-0.2, 0) is 16.1 Å². The number of benzene rings is 2. The highest BCUT2D eigenvalue weighted by Gasteiger charge is 2.39. The second kappa shape index (κ2) is 12.5. The number of carbonyl (C=O) groups is 2. The topological polar surface area (TPSA) is 49.4 Å². The van der Waals surface area contributed by atoms with Gasteiger partial charge < -0.3 is 10.2 Å². The minimum atomic E-state index is -0.427. The predicted octanol–water partition coefficient (Wildman–Crippen LogP) is 5.99. The maximum Gasteiger partial charge on any atom is 0.241 e. The molecule has 178 valence electrons. The minimum Gasteiger partial charge on any atom is -0.356 e. The highest BCUT2D eigenvalue weighted by Crippen LogP contribution is 2.42. The normalized spacial score (nSPS) is 16.4. The van der Waals surface area contributed by atoms with Crippen LogP contribution >= 0.6 is 23.5 Å². The lowest BCUT2D eigenvalue weighted by atomic mass is 10.0. The zero-order valence-electron chi connectivity index (χ0n) is 20.2. The Bertz CT molecular complexity index is 963. The van der Waals surface area contributed by atoms with Gasteiger partial charge in [0.2, 0.25) is 11.8 Å². The van der Waals surface area contributed by atoms with Crippen LogP contribution in [0, 0.1) is 19.8 Å². The fraction of sp³-hybridized carbons (Fsp3) is 0.481. The summed E-state index contributed by atoms with van der Waals surface area (Å²) in [5.41, 5.74) is 4.42. The molecule has 2 atom stereocenters. The van der Waals surface area contributed by atoms with E-state index in [0.717, 1.165) is 28.3 Å². The van der Waals surface area contributed by atoms with E-state index in [1.54, 1.807) is 0 Å². The van der Waals surface area contributed by atoms with Crippen LogP contribution in [0.2, 0.25) is 0 Å². The lowest BCUT2D eigenvalue weighted by molar-refractivity contribution is -0.128. The summed E-state index contributed by atoms with van der Waals surface area (Å²) >= 11 is 3.47. The maximum atomic E-state index is 13.6. The second-order valence-electron chi connectivity index (χ2n) is 8.76. The van der Waals surface area contributed by atoms with Gasteiger partial charge in [-0.25, -0.2) is 0 Å². The number of nitrogens with one attached hydrogen (secondary N) is 1. The van der Waals surface area contributed by atoms with Crippen LogP contribution in [0.4, 0.5) is 5.69 Å². The molecule has 1 aliphatic heterocycles. The first kappa shape index (κ1) is 25.7. The standard InChI is InChI=1S/C27H36N2O2S2/c1-5-6-15-32-16-9-14-28-26(30)21(4)25-27(31)29(23-10-7-8-11-24(23)33-25)18-22-17-19(2)12-13-20(22)3/h7-8,10-13,17,21,25H,5-6,9,14-16,18H2,1-4H3,(H,28,30)/t21-,25-/m1/s1. The molecule has 3 rings (SSSR count). The fourth-order valence-corrected chi connectivity index (χ4v) is 6.22. The molecule has 0 saturated heterocycles. The van der Waals surface area contributed by atoms with Gasteiger partial charge in [0.05, 0.1) is 18.2 Å². The van der Waals surface area contributed by atoms with Crippen LogP contribution in [0.5, 0.6) is 0 Å². The van der Waals surface area contributed by atoms with Crippen molar-refractivity contribution in [2.75, 3.05) is 23.0 Å². The number of anilines is 1. The zero-order chi connectivity index (χ0) is 23.8. The zero-order valence-corrected chi connectivity index (χ0v) is 21.9. The van der Waals surface area contributed by atoms with Gasteiger partial charge in [0.25, 0.3) is 0 Å². The largest absolute Gasteiger partial charge is 0.356 e. The Hall–Kier alpha value is -1.92. The van der Waals surface area contributed by atoms with E-state index in [0.29, 0.717) is 13.1 Å². The summed E-state index contributed by atoms with van der Waals surface area (Å²) in [4.78, 5) is 29.5. The van der Waals surface area contributed by atoms with Gasteiger partial charge in [-0.1, -0.05) is 56.2 Å². The van der Waals surface area contributed by atoms with Crippen molar-refractivity contribution in [3.8, 4) is 0 Å². The summed E-state index contributed by atoms with van der Waals surface area (Å²) in [6.45, 7) is 9.42. The van der Waals surface area contributed by atoms with Crippen molar-refractivity contribution in [2.24, 2.45) is 5.92 Å². The molecule has 6 heteroatoms. The van der Waals surface area contributed by atoms with Gasteiger partial charge in [-0.3, -0.25) is 9.59 Å². The van der Waals surface area contributed by atoms with E-state index in [9.17, 15) is 9.59 Å². The van der Waals surface area contributed by atoms with Gasteiger partial charge in [0.1, 0.15) is 5.25 Å². The maximum absolute atomic E-state index is 13.6. The van der Waals surface area contributed by atoms with Crippen LogP contribution in [0.3, 0.4) is 0 Å². The molecular formula is C27H36N2O2S2. The van der Waals surface area contributed by atoms with Crippen molar-refractivity contribution >= 4 is 41.0 Å². The molecule has 0 aliphatic carbocycles. The Morgan fingerprint density at radius 2 is 1.91 bits per heavy atom. The molecule has 2 amide bonds. The van der Waals surface area contributed by atoms with Crippen molar-refractivity contribution in [2.45, 2.75) is 63.6 Å². The number of fused-ring (bicyclic) bond motifs is 1. The van der Waals surface area contributed by atoms with Crippen LogP contribution in [-0.4, -0.2) is 35.1 Å². The number of hydrogen-bond acceptors (Lipinski definition) is 4. The van der Waals surface area contributed by atoms with Gasteiger partial charge in [-0.05, 0) is 61.5 Å². The average molecular weight is 485 g/mol. The Labute approximate surface area is 207 Å². The highest BCUT2D eigenvalue weighted by molar-refractivity contribution is 8.01. The Balaban J connectivity index is 1.68. The second-order valence-corrected chi connectivity index (χ2v) is 11.2. The summed E-state index contributed by atoms with van der Waals surface area (Å²) in [6.07, 6.45) is 3.42. The van der Waals surface area contributed by atoms with Gasteiger partial charge in [-0.2, -0.15) is 11.8 Å². The lowest BCUT2D eigenvalue weighted by Crippen LogP contribution is -2.47. The molecule has 4 nitrogen and oxygen atoms in total. The molecule has 2 aromatic carbocycles. The van der Waals surface area contributed by atoms with E-state index in [2.05, 4.69) is 44.3 Å². The molecule has 1 N–H and O–H groups in total. The van der Waals surface area contributed by atoms with E-state index in [4.69, 9.17) is 0 Å². The molecule has 0 bridgehead atoms. The average Bonchev–Trinajstić information content (AvgIpc) is 2.81. The third-order valence-corrected chi connectivity index (χ3v) is 8.64. The molecule has 1 aliphatic rings. The monoisotopic (exact) mass is 484 g/mol. The Morgan fingerprint density at radius 3 is 2.70 bits per heavy atom. The first-order chi connectivity index (χ1) is 15.9. The summed E-state index contributed by atoms with van der Waals surface area (Å²) in [7, 11) is 0. The van der Waals surface area contributed by atoms with Gasteiger partial charge in [0.15, 0.2) is 0 Å². The number of thioether (sulfide) groups is 2. The Morgan fingerprint density at radius 1 is 1.15 bits per heavy atom. The lowest BCUT2D eigenvalue weighted by Gasteiger charge is -2.36. The molecule has 0 aromatic heterocycles. The number of rotatable bonds is 11. The quantitative estimate of drug-likeness (QED) is 0.398. The number of nitrogens with zero attached hydrogens (tertiary/aromatic N) is 1. The van der Waals surface area contributed by atoms with Crippen molar-refractivity contribution in [1.82, 2.24) is 5.32 Å². The first-order valence-electron chi connectivity index (χ1n) is 11.9. The molecule has 1 heterocycles. The van der Waals surface area contributed by atoms with E-state index in [-0.39, 0.29) is 11.8 Å². The molecule has 0 fully saturated rings. The number of aryl methyl sites for hydroxylation is 2. The summed E-state index contributed by atoms with van der Waals surface area (Å²) < 4.78 is 0. The van der Waals surface area contributed by atoms with Crippen LogP contribution in [0.15, 0.2) is 47.4 Å². The molecule has 0 radical (unpaired) electrons. The smallest absolute Gasteiger partial charge is 0.241 e. The van der Waals surface area contributed by atoms with Crippen molar-refractivity contribution in [3.05, 3.63) is 59.2 Å². The predicted molar refractivity (Wildman–Crippen MR) is 142 cm³/mol. The summed E-state index contributed by atoms with van der Waals surface area (Å²) in [5.74, 6) is 1.82. The number of carbonyl (C=O) groups excluding carboxylic acids is 2. The minimum absolute atomic E-state index is 0.0115. The third kappa shape index (κ3) is 6.80. The van der Waals surface area contributed by atoms with E-state index < -0.39 is 11.2 Å². The number of hydrogen-bond donors (Lipinski definition) is 1. The Kier molecular flexibility index (Phi) is 9.75. The van der Waals surface area contributed by atoms with Gasteiger partial charge in [0, 0.05) is 11.4 Å². The molecule has 2 aromatic rings. The van der Waals surface area contributed by atoms with Crippen molar-refractivity contribution in [3.63, 3.8) is 0 Å². The molecule has 0 saturated carbocycles. The molecule has 33 heavy (non-hydrogen) atoms. The van der Waals surface area contributed by atoms with E-state index >= 15 is 0 Å².